The van der Waals surface area contributed by atoms with Crippen LogP contribution in [0.1, 0.15) is 41.5 Å². The maximum atomic E-state index is 13.0. The van der Waals surface area contributed by atoms with Crippen LogP contribution in [0.3, 0.4) is 0 Å². The molecule has 2 aromatic rings. The van der Waals surface area contributed by atoms with Crippen LogP contribution in [0.25, 0.3) is 11.0 Å². The van der Waals surface area contributed by atoms with E-state index in [1.54, 1.807) is 6.92 Å². The van der Waals surface area contributed by atoms with Crippen molar-refractivity contribution in [2.24, 2.45) is 0 Å². The minimum absolute atomic E-state index is 0.0159. The van der Waals surface area contributed by atoms with Crippen molar-refractivity contribution in [2.45, 2.75) is 72.2 Å². The summed E-state index contributed by atoms with van der Waals surface area (Å²) in [6.07, 6.45) is -2.74. The Labute approximate surface area is 245 Å². The molecule has 1 fully saturated rings. The number of benzene rings is 1. The van der Waals surface area contributed by atoms with Gasteiger partial charge in [-0.3, -0.25) is 19.2 Å². The van der Waals surface area contributed by atoms with Gasteiger partial charge in [0, 0.05) is 47.6 Å². The Balaban J connectivity index is 2.21. The number of carbonyl (C=O) groups excluding carboxylic acids is 4. The Morgan fingerprint density at radius 1 is 0.791 bits per heavy atom. The van der Waals surface area contributed by atoms with Gasteiger partial charge in [0.15, 0.2) is 18.0 Å². The predicted molar refractivity (Wildman–Crippen MR) is 143 cm³/mol. The van der Waals surface area contributed by atoms with E-state index >= 15 is 0 Å². The van der Waals surface area contributed by atoms with E-state index < -0.39 is 72.6 Å². The Morgan fingerprint density at radius 2 is 1.40 bits per heavy atom. The fourth-order valence-corrected chi connectivity index (χ4v) is 4.02. The van der Waals surface area contributed by atoms with Crippen molar-refractivity contribution in [3.05, 3.63) is 28.6 Å². The van der Waals surface area contributed by atoms with Crippen LogP contribution < -0.4 is 19.8 Å². The number of hydrogen-bond donors (Lipinski definition) is 0. The van der Waals surface area contributed by atoms with E-state index in [0.29, 0.717) is 0 Å². The van der Waals surface area contributed by atoms with Gasteiger partial charge in [0.2, 0.25) is 12.4 Å². The number of ether oxygens (including phenoxy) is 8. The van der Waals surface area contributed by atoms with Crippen LogP contribution in [0.5, 0.6) is 17.2 Å². The average molecular weight is 601 g/mol. The highest BCUT2D eigenvalue weighted by Gasteiger charge is 2.53. The van der Waals surface area contributed by atoms with E-state index in [1.165, 1.54) is 25.1 Å². The average Bonchev–Trinajstić information content (AvgIpc) is 2.92. The van der Waals surface area contributed by atoms with Gasteiger partial charge in [0.1, 0.15) is 36.3 Å². The molecule has 43 heavy (non-hydrogen) atoms. The zero-order valence-electron chi connectivity index (χ0n) is 24.0. The number of carbonyl (C=O) groups is 4. The maximum absolute atomic E-state index is 13.0. The zero-order chi connectivity index (χ0) is 31.7. The van der Waals surface area contributed by atoms with E-state index in [2.05, 4.69) is 24.1 Å². The molecule has 0 bridgehead atoms. The molecule has 1 aromatic carbocycles. The molecule has 2 heterocycles. The lowest BCUT2D eigenvalue weighted by atomic mass is 9.98. The van der Waals surface area contributed by atoms with Crippen LogP contribution in [0, 0.1) is 24.1 Å². The van der Waals surface area contributed by atoms with Gasteiger partial charge in [-0.2, -0.15) is 0 Å². The summed E-state index contributed by atoms with van der Waals surface area (Å²) in [6, 6.07) is 4.34. The Morgan fingerprint density at radius 3 is 2.00 bits per heavy atom. The van der Waals surface area contributed by atoms with Crippen LogP contribution in [-0.4, -0.2) is 61.2 Å². The van der Waals surface area contributed by atoms with Gasteiger partial charge in [0.05, 0.1) is 5.39 Å². The van der Waals surface area contributed by atoms with Gasteiger partial charge in [-0.25, -0.2) is 4.79 Å². The van der Waals surface area contributed by atoms with Gasteiger partial charge >= 0.3 is 29.5 Å². The Kier molecular flexibility index (Phi) is 11.0. The van der Waals surface area contributed by atoms with E-state index in [0.717, 1.165) is 27.7 Å². The first-order valence-electron chi connectivity index (χ1n) is 12.7. The molecule has 14 heteroatoms. The van der Waals surface area contributed by atoms with Crippen LogP contribution in [-0.2, 0) is 42.9 Å². The monoisotopic (exact) mass is 600 g/mol. The van der Waals surface area contributed by atoms with Gasteiger partial charge in [-0.1, -0.05) is 11.8 Å². The molecule has 0 amide bonds. The molecule has 14 nitrogen and oxygen atoms in total. The molecule has 1 aliphatic rings. The third kappa shape index (κ3) is 8.40. The summed E-state index contributed by atoms with van der Waals surface area (Å²) in [7, 11) is 0. The first-order valence-corrected chi connectivity index (χ1v) is 12.7. The summed E-state index contributed by atoms with van der Waals surface area (Å²) in [6.45, 7) is 6.93. The van der Waals surface area contributed by atoms with Gasteiger partial charge < -0.3 is 42.3 Å². The standard InChI is InChI=1S/C29H28O14/c1-7-11-35-19-9-10-20-21(13-19)41-28(34)26(36-12-8-2)23(20)43-29-27(40-18(6)33)25(39-17(5)32)24(38-16(4)31)22(42-29)14-37-15(3)30/h9-10,13,22,24-25,27,29H,14H2,1-6H3/t22-,24-,25+,27+,29-/m1/s1. The predicted octanol–water partition coefficient (Wildman–Crippen LogP) is 1.97. The Hall–Kier alpha value is -5.21. The summed E-state index contributed by atoms with van der Waals surface area (Å²) in [5, 5.41) is 0.164. The highest BCUT2D eigenvalue weighted by molar-refractivity contribution is 5.87. The summed E-state index contributed by atoms with van der Waals surface area (Å²) in [5.41, 5.74) is -1.02. The molecule has 5 atom stereocenters. The molecule has 1 saturated heterocycles. The van der Waals surface area contributed by atoms with Crippen molar-refractivity contribution >= 4 is 34.8 Å². The first-order chi connectivity index (χ1) is 20.4. The van der Waals surface area contributed by atoms with Gasteiger partial charge in [-0.15, -0.1) is 0 Å². The third-order valence-corrected chi connectivity index (χ3v) is 5.50. The Bertz CT molecular complexity index is 1570. The van der Waals surface area contributed by atoms with Crippen molar-refractivity contribution in [1.82, 2.24) is 0 Å². The van der Waals surface area contributed by atoms with Crippen LogP contribution in [0.2, 0.25) is 0 Å². The summed E-state index contributed by atoms with van der Waals surface area (Å²) in [5.74, 6) is 1.37. The molecule has 0 unspecified atom stereocenters. The molecule has 228 valence electrons. The molecule has 0 aliphatic carbocycles. The number of hydrogen-bond acceptors (Lipinski definition) is 14. The number of fused-ring (bicyclic) bond motifs is 1. The highest BCUT2D eigenvalue weighted by atomic mass is 16.7. The molecule has 1 aliphatic heterocycles. The molecule has 0 saturated carbocycles. The second kappa shape index (κ2) is 14.6. The minimum Gasteiger partial charge on any atom is -0.463 e. The molecule has 0 N–H and O–H groups in total. The van der Waals surface area contributed by atoms with Gasteiger partial charge in [0.25, 0.3) is 5.75 Å². The molecule has 0 spiro atoms. The van der Waals surface area contributed by atoms with Crippen LogP contribution in [0.4, 0.5) is 0 Å². The van der Waals surface area contributed by atoms with E-state index in [1.807, 2.05) is 0 Å². The van der Waals surface area contributed by atoms with Crippen molar-refractivity contribution in [1.29, 1.82) is 0 Å². The molecular formula is C29H28O14. The topological polar surface area (TPSA) is 172 Å². The summed E-state index contributed by atoms with van der Waals surface area (Å²) < 4.78 is 49.4. The quantitative estimate of drug-likeness (QED) is 0.177. The number of rotatable bonds is 9. The lowest BCUT2D eigenvalue weighted by molar-refractivity contribution is -0.288. The third-order valence-electron chi connectivity index (χ3n) is 5.50. The van der Waals surface area contributed by atoms with Crippen LogP contribution >= 0.6 is 0 Å². The fourth-order valence-electron chi connectivity index (χ4n) is 4.02. The molecule has 3 rings (SSSR count). The fraction of sp³-hybridized carbons (Fsp3) is 0.414. The summed E-state index contributed by atoms with van der Waals surface area (Å²) in [4.78, 5) is 60.9. The number of esters is 4. The highest BCUT2D eigenvalue weighted by Crippen LogP contribution is 2.38. The normalized spacial score (nSPS) is 20.7. The van der Waals surface area contributed by atoms with Crippen molar-refractivity contribution in [2.75, 3.05) is 6.61 Å². The maximum Gasteiger partial charge on any atom is 0.384 e. The van der Waals surface area contributed by atoms with E-state index in [-0.39, 0.29) is 22.5 Å². The van der Waals surface area contributed by atoms with Crippen molar-refractivity contribution in [3.63, 3.8) is 0 Å². The van der Waals surface area contributed by atoms with Crippen molar-refractivity contribution < 1.29 is 61.5 Å². The summed E-state index contributed by atoms with van der Waals surface area (Å²) >= 11 is 0. The minimum atomic E-state index is -1.66. The second-order valence-corrected chi connectivity index (χ2v) is 8.80. The van der Waals surface area contributed by atoms with E-state index in [4.69, 9.17) is 42.3 Å². The SMILES string of the molecule is CC#COc1ccc2c(O[C@H]3O[C@H](COC(C)=O)[C@@H](OC(C)=O)[C@H](OC(C)=O)[C@@H]3OC(C)=O)c(OC#CC)c(=O)oc2c1. The molecule has 0 radical (unpaired) electrons. The van der Waals surface area contributed by atoms with Crippen LogP contribution in [0.15, 0.2) is 27.4 Å². The van der Waals surface area contributed by atoms with Gasteiger partial charge in [-0.05, 0) is 12.1 Å². The smallest absolute Gasteiger partial charge is 0.384 e. The van der Waals surface area contributed by atoms with Crippen molar-refractivity contribution in [3.8, 4) is 41.3 Å². The molecule has 1 aromatic heterocycles. The van der Waals surface area contributed by atoms with E-state index in [9.17, 15) is 24.0 Å². The lowest BCUT2D eigenvalue weighted by Gasteiger charge is -2.43. The lowest BCUT2D eigenvalue weighted by Crippen LogP contribution is -2.63. The second-order valence-electron chi connectivity index (χ2n) is 8.80. The first kappa shape index (κ1) is 32.3. The largest absolute Gasteiger partial charge is 0.463 e. The zero-order valence-corrected chi connectivity index (χ0v) is 24.0. The molecular weight excluding hydrogens is 572 g/mol.